The average molecular weight is 503 g/mol. The second kappa shape index (κ2) is 10.6. The number of hydrogen-bond donors (Lipinski definition) is 1. The van der Waals surface area contributed by atoms with Gasteiger partial charge in [0, 0.05) is 31.7 Å². The van der Waals surface area contributed by atoms with Crippen LogP contribution in [-0.2, 0) is 14.3 Å². The molecule has 2 saturated heterocycles. The van der Waals surface area contributed by atoms with Crippen LogP contribution in [0.15, 0.2) is 66.2 Å². The van der Waals surface area contributed by atoms with Crippen molar-refractivity contribution < 1.29 is 28.9 Å². The van der Waals surface area contributed by atoms with Crippen LogP contribution in [0.5, 0.6) is 11.5 Å². The van der Waals surface area contributed by atoms with Gasteiger partial charge in [0.05, 0.1) is 39.0 Å². The van der Waals surface area contributed by atoms with Gasteiger partial charge in [-0.1, -0.05) is 30.3 Å². The van der Waals surface area contributed by atoms with Gasteiger partial charge in [0.1, 0.15) is 17.3 Å². The maximum atomic E-state index is 13.4. The van der Waals surface area contributed by atoms with Crippen LogP contribution in [0.2, 0.25) is 0 Å². The lowest BCUT2D eigenvalue weighted by atomic mass is 9.94. The van der Waals surface area contributed by atoms with Crippen LogP contribution in [0.25, 0.3) is 16.5 Å². The highest BCUT2D eigenvalue weighted by Gasteiger charge is 2.46. The Morgan fingerprint density at radius 2 is 1.62 bits per heavy atom. The Bertz CT molecular complexity index is 1360. The first-order valence-electron chi connectivity index (χ1n) is 12.3. The largest absolute Gasteiger partial charge is 0.507 e. The topological polar surface area (TPSA) is 88.5 Å². The summed E-state index contributed by atoms with van der Waals surface area (Å²) in [4.78, 5) is 30.4. The zero-order chi connectivity index (χ0) is 25.9. The van der Waals surface area contributed by atoms with Gasteiger partial charge in [-0.3, -0.25) is 14.5 Å². The van der Waals surface area contributed by atoms with Crippen molar-refractivity contribution in [1.82, 2.24) is 9.80 Å². The number of aliphatic hydroxyl groups is 1. The molecule has 2 aliphatic rings. The number of likely N-dealkylation sites (tertiary alicyclic amines) is 1. The fourth-order valence-electron chi connectivity index (χ4n) is 5.00. The molecule has 1 atom stereocenters. The maximum absolute atomic E-state index is 13.4. The molecule has 8 heteroatoms. The predicted octanol–water partition coefficient (Wildman–Crippen LogP) is 3.61. The molecule has 3 aromatic carbocycles. The van der Waals surface area contributed by atoms with Crippen LogP contribution < -0.4 is 9.47 Å². The SMILES string of the molecule is COc1cccc(C2/C(=C(\O)c3ccc4cc(OC)ccc4c3)C(=O)C(=O)N2CCN2CCOCC2)c1. The highest BCUT2D eigenvalue weighted by atomic mass is 16.5. The summed E-state index contributed by atoms with van der Waals surface area (Å²) in [6, 6.07) is 17.6. The number of amides is 1. The molecule has 37 heavy (non-hydrogen) atoms. The van der Waals surface area contributed by atoms with E-state index in [9.17, 15) is 14.7 Å². The number of aliphatic hydroxyl groups excluding tert-OH is 1. The molecule has 3 aromatic rings. The number of morpholine rings is 1. The Hall–Kier alpha value is -3.88. The van der Waals surface area contributed by atoms with Crippen LogP contribution in [0, 0.1) is 0 Å². The fraction of sp³-hybridized carbons (Fsp3) is 0.310. The van der Waals surface area contributed by atoms with Crippen molar-refractivity contribution in [3.05, 3.63) is 77.4 Å². The van der Waals surface area contributed by atoms with E-state index in [0.29, 0.717) is 43.2 Å². The highest BCUT2D eigenvalue weighted by Crippen LogP contribution is 2.40. The lowest BCUT2D eigenvalue weighted by Gasteiger charge is -2.31. The number of methoxy groups -OCH3 is 2. The monoisotopic (exact) mass is 502 g/mol. The van der Waals surface area contributed by atoms with E-state index in [-0.39, 0.29) is 11.3 Å². The molecule has 5 rings (SSSR count). The first-order chi connectivity index (χ1) is 18.0. The Kier molecular flexibility index (Phi) is 7.12. The van der Waals surface area contributed by atoms with Crippen molar-refractivity contribution in [2.75, 3.05) is 53.6 Å². The minimum atomic E-state index is -0.734. The molecule has 2 heterocycles. The van der Waals surface area contributed by atoms with E-state index in [1.165, 1.54) is 0 Å². The number of carbonyl (C=O) groups excluding carboxylic acids is 2. The second-order valence-electron chi connectivity index (χ2n) is 9.15. The molecule has 1 N–H and O–H groups in total. The normalized spacial score (nSPS) is 19.9. The summed E-state index contributed by atoms with van der Waals surface area (Å²) in [7, 11) is 3.18. The summed E-state index contributed by atoms with van der Waals surface area (Å²) >= 11 is 0. The molecular weight excluding hydrogens is 472 g/mol. The smallest absolute Gasteiger partial charge is 0.295 e. The number of ketones is 1. The minimum absolute atomic E-state index is 0.0769. The molecule has 1 amide bonds. The molecule has 1 unspecified atom stereocenters. The van der Waals surface area contributed by atoms with Crippen LogP contribution in [0.3, 0.4) is 0 Å². The van der Waals surface area contributed by atoms with Gasteiger partial charge < -0.3 is 24.2 Å². The van der Waals surface area contributed by atoms with Gasteiger partial charge in [-0.2, -0.15) is 0 Å². The van der Waals surface area contributed by atoms with Crippen molar-refractivity contribution in [2.24, 2.45) is 0 Å². The molecule has 0 aromatic heterocycles. The van der Waals surface area contributed by atoms with E-state index >= 15 is 0 Å². The number of hydrogen-bond acceptors (Lipinski definition) is 7. The molecule has 2 fully saturated rings. The van der Waals surface area contributed by atoms with Crippen molar-refractivity contribution in [3.8, 4) is 11.5 Å². The molecule has 0 aliphatic carbocycles. The van der Waals surface area contributed by atoms with Gasteiger partial charge in [0.25, 0.3) is 11.7 Å². The number of fused-ring (bicyclic) bond motifs is 1. The summed E-state index contributed by atoms with van der Waals surface area (Å²) in [6.07, 6.45) is 0. The molecule has 0 bridgehead atoms. The lowest BCUT2D eigenvalue weighted by Crippen LogP contribution is -2.42. The summed E-state index contributed by atoms with van der Waals surface area (Å²) in [5.74, 6) is -0.169. The van der Waals surface area contributed by atoms with Crippen LogP contribution in [0.4, 0.5) is 0 Å². The number of carbonyl (C=O) groups is 2. The van der Waals surface area contributed by atoms with E-state index in [1.54, 1.807) is 37.3 Å². The standard InChI is InChI=1S/C29H30N2O6/c1-35-23-5-3-4-21(18-23)26-25(28(33)29(34)31(26)11-10-30-12-14-37-15-13-30)27(32)22-7-6-20-17-24(36-2)9-8-19(20)16-22/h3-9,16-18,26,32H,10-15H2,1-2H3/b27-25+. The molecule has 0 spiro atoms. The first kappa shape index (κ1) is 24.8. The Morgan fingerprint density at radius 3 is 2.38 bits per heavy atom. The predicted molar refractivity (Wildman–Crippen MR) is 140 cm³/mol. The van der Waals surface area contributed by atoms with Crippen LogP contribution in [-0.4, -0.2) is 80.2 Å². The molecule has 8 nitrogen and oxygen atoms in total. The van der Waals surface area contributed by atoms with E-state index in [0.717, 1.165) is 29.6 Å². The van der Waals surface area contributed by atoms with E-state index in [2.05, 4.69) is 4.90 Å². The zero-order valence-corrected chi connectivity index (χ0v) is 21.0. The van der Waals surface area contributed by atoms with Gasteiger partial charge in [-0.15, -0.1) is 0 Å². The summed E-state index contributed by atoms with van der Waals surface area (Å²) in [6.45, 7) is 3.79. The fourth-order valence-corrected chi connectivity index (χ4v) is 5.00. The third-order valence-corrected chi connectivity index (χ3v) is 7.03. The molecule has 192 valence electrons. The highest BCUT2D eigenvalue weighted by molar-refractivity contribution is 6.46. The number of rotatable bonds is 7. The van der Waals surface area contributed by atoms with Crippen molar-refractivity contribution in [1.29, 1.82) is 0 Å². The van der Waals surface area contributed by atoms with Crippen LogP contribution in [0.1, 0.15) is 17.2 Å². The minimum Gasteiger partial charge on any atom is -0.507 e. The second-order valence-corrected chi connectivity index (χ2v) is 9.15. The average Bonchev–Trinajstić information content (AvgIpc) is 3.20. The zero-order valence-electron chi connectivity index (χ0n) is 21.0. The van der Waals surface area contributed by atoms with Gasteiger partial charge >= 0.3 is 0 Å². The number of Topliss-reactive ketones (excluding diaryl/α,β-unsaturated/α-hetero) is 1. The summed E-state index contributed by atoms with van der Waals surface area (Å²) in [5, 5.41) is 13.3. The van der Waals surface area contributed by atoms with Crippen molar-refractivity contribution >= 4 is 28.2 Å². The molecule has 0 saturated carbocycles. The Morgan fingerprint density at radius 1 is 0.919 bits per heavy atom. The summed E-state index contributed by atoms with van der Waals surface area (Å²) < 4.78 is 16.1. The molecule has 2 aliphatic heterocycles. The Balaban J connectivity index is 1.57. The molecular formula is C29H30N2O6. The van der Waals surface area contributed by atoms with Gasteiger partial charge in [0.15, 0.2) is 0 Å². The third-order valence-electron chi connectivity index (χ3n) is 7.03. The number of nitrogens with zero attached hydrogens (tertiary/aromatic N) is 2. The maximum Gasteiger partial charge on any atom is 0.295 e. The number of benzene rings is 3. The van der Waals surface area contributed by atoms with Gasteiger partial charge in [-0.05, 0) is 46.7 Å². The van der Waals surface area contributed by atoms with E-state index in [4.69, 9.17) is 14.2 Å². The van der Waals surface area contributed by atoms with Crippen molar-refractivity contribution in [3.63, 3.8) is 0 Å². The quantitative estimate of drug-likeness (QED) is 0.300. The molecule has 0 radical (unpaired) electrons. The van der Waals surface area contributed by atoms with E-state index in [1.807, 2.05) is 42.5 Å². The van der Waals surface area contributed by atoms with Gasteiger partial charge in [0.2, 0.25) is 0 Å². The van der Waals surface area contributed by atoms with E-state index < -0.39 is 17.7 Å². The lowest BCUT2D eigenvalue weighted by molar-refractivity contribution is -0.140. The number of ether oxygens (including phenoxy) is 3. The Labute approximate surface area is 215 Å². The summed E-state index contributed by atoms with van der Waals surface area (Å²) in [5.41, 5.74) is 1.25. The van der Waals surface area contributed by atoms with Crippen molar-refractivity contribution in [2.45, 2.75) is 6.04 Å². The first-order valence-corrected chi connectivity index (χ1v) is 12.3. The third kappa shape index (κ3) is 4.90. The van der Waals surface area contributed by atoms with Crippen LogP contribution >= 0.6 is 0 Å². The van der Waals surface area contributed by atoms with Gasteiger partial charge in [-0.25, -0.2) is 0 Å².